The second-order valence-corrected chi connectivity index (χ2v) is 3.61. The molecule has 0 fully saturated rings. The van der Waals surface area contributed by atoms with Crippen LogP contribution in [0.2, 0.25) is 0 Å². The summed E-state index contributed by atoms with van der Waals surface area (Å²) in [5.41, 5.74) is 0. The maximum Gasteiger partial charge on any atom is 0.0851 e. The van der Waals surface area contributed by atoms with Gasteiger partial charge in [-0.1, -0.05) is 32.3 Å². The molecule has 0 aromatic heterocycles. The first-order valence-corrected chi connectivity index (χ1v) is 5.38. The number of thiol groups is 1. The van der Waals surface area contributed by atoms with Crippen LogP contribution in [0.4, 0.5) is 0 Å². The van der Waals surface area contributed by atoms with Crippen LogP contribution >= 0.6 is 12.6 Å². The van der Waals surface area contributed by atoms with Gasteiger partial charge in [-0.2, -0.15) is 12.6 Å². The van der Waals surface area contributed by atoms with Gasteiger partial charge in [-0.15, -0.1) is 0 Å². The fourth-order valence-electron chi connectivity index (χ4n) is 1.15. The van der Waals surface area contributed by atoms with Crippen LogP contribution < -0.4 is 0 Å². The number of aliphatic hydroxyl groups excluding tert-OH is 1. The summed E-state index contributed by atoms with van der Waals surface area (Å²) in [6, 6.07) is 0. The minimum Gasteiger partial charge on any atom is -0.513 e. The van der Waals surface area contributed by atoms with Crippen molar-refractivity contribution in [3.8, 4) is 0 Å². The van der Waals surface area contributed by atoms with E-state index in [2.05, 4.69) is 19.2 Å². The highest BCUT2D eigenvalue weighted by atomic mass is 32.1. The molecule has 0 heterocycles. The standard InChI is InChI=1S/C10H20OS/c1-10(11)8-6-4-2-3-5-7-9-12/h11-12H,1-9H2. The van der Waals surface area contributed by atoms with E-state index in [0.717, 1.165) is 18.6 Å². The zero-order valence-electron chi connectivity index (χ0n) is 7.76. The Bertz CT molecular complexity index is 112. The van der Waals surface area contributed by atoms with Crippen molar-refractivity contribution in [1.29, 1.82) is 0 Å². The zero-order chi connectivity index (χ0) is 9.23. The third kappa shape index (κ3) is 9.89. The van der Waals surface area contributed by atoms with Crippen molar-refractivity contribution < 1.29 is 5.11 Å². The molecule has 0 radical (unpaired) electrons. The molecule has 0 atom stereocenters. The Morgan fingerprint density at radius 1 is 1.00 bits per heavy atom. The number of hydrogen-bond acceptors (Lipinski definition) is 2. The van der Waals surface area contributed by atoms with Crippen LogP contribution in [-0.4, -0.2) is 10.9 Å². The number of rotatable bonds is 8. The molecule has 2 heteroatoms. The van der Waals surface area contributed by atoms with Gasteiger partial charge in [-0.05, 0) is 18.6 Å². The molecule has 0 aromatic carbocycles. The summed E-state index contributed by atoms with van der Waals surface area (Å²) in [5, 5.41) is 8.79. The van der Waals surface area contributed by atoms with E-state index in [1.54, 1.807) is 0 Å². The van der Waals surface area contributed by atoms with Crippen LogP contribution in [0, 0.1) is 0 Å². The second-order valence-electron chi connectivity index (χ2n) is 3.16. The largest absolute Gasteiger partial charge is 0.513 e. The van der Waals surface area contributed by atoms with Crippen LogP contribution in [0.3, 0.4) is 0 Å². The van der Waals surface area contributed by atoms with E-state index in [1.807, 2.05) is 0 Å². The maximum atomic E-state index is 8.79. The monoisotopic (exact) mass is 188 g/mol. The van der Waals surface area contributed by atoms with Gasteiger partial charge < -0.3 is 5.11 Å². The Morgan fingerprint density at radius 3 is 2.00 bits per heavy atom. The lowest BCUT2D eigenvalue weighted by atomic mass is 10.1. The van der Waals surface area contributed by atoms with Gasteiger partial charge in [0.2, 0.25) is 0 Å². The third-order valence-electron chi connectivity index (χ3n) is 1.87. The van der Waals surface area contributed by atoms with Crippen molar-refractivity contribution in [2.45, 2.75) is 44.9 Å². The summed E-state index contributed by atoms with van der Waals surface area (Å²) in [6.07, 6.45) is 8.17. The Labute approximate surface area is 81.3 Å². The van der Waals surface area contributed by atoms with Gasteiger partial charge in [-0.25, -0.2) is 0 Å². The lowest BCUT2D eigenvalue weighted by molar-refractivity contribution is 0.383. The molecule has 72 valence electrons. The van der Waals surface area contributed by atoms with Gasteiger partial charge in [-0.3, -0.25) is 0 Å². The molecule has 0 rings (SSSR count). The maximum absolute atomic E-state index is 8.79. The van der Waals surface area contributed by atoms with Crippen molar-refractivity contribution in [3.05, 3.63) is 12.3 Å². The highest BCUT2D eigenvalue weighted by Gasteiger charge is 1.91. The molecular formula is C10H20OS. The minimum absolute atomic E-state index is 0.324. The van der Waals surface area contributed by atoms with Crippen LogP contribution in [0.1, 0.15) is 44.9 Å². The summed E-state index contributed by atoms with van der Waals surface area (Å²) in [5.74, 6) is 1.33. The van der Waals surface area contributed by atoms with E-state index in [0.29, 0.717) is 5.76 Å². The quantitative estimate of drug-likeness (QED) is 0.338. The van der Waals surface area contributed by atoms with Crippen LogP contribution in [0.15, 0.2) is 12.3 Å². The van der Waals surface area contributed by atoms with Crippen LogP contribution in [-0.2, 0) is 0 Å². The number of hydrogen-bond donors (Lipinski definition) is 2. The molecule has 0 unspecified atom stereocenters. The molecule has 0 aliphatic rings. The summed E-state index contributed by atoms with van der Waals surface area (Å²) < 4.78 is 0. The molecule has 0 aliphatic carbocycles. The fraction of sp³-hybridized carbons (Fsp3) is 0.800. The Balaban J connectivity index is 2.86. The molecule has 0 spiro atoms. The fourth-order valence-corrected chi connectivity index (χ4v) is 1.37. The average Bonchev–Trinajstić information content (AvgIpc) is 2.02. The number of unbranched alkanes of at least 4 members (excludes halogenated alkanes) is 5. The first-order valence-electron chi connectivity index (χ1n) is 4.75. The normalized spacial score (nSPS) is 10.1. The van der Waals surface area contributed by atoms with Gasteiger partial charge in [0, 0.05) is 6.42 Å². The molecule has 1 nitrogen and oxygen atoms in total. The number of aliphatic hydroxyl groups is 1. The lowest BCUT2D eigenvalue weighted by Gasteiger charge is -1.99. The first-order chi connectivity index (χ1) is 5.77. The predicted molar refractivity (Wildman–Crippen MR) is 57.9 cm³/mol. The van der Waals surface area contributed by atoms with E-state index in [4.69, 9.17) is 5.11 Å². The molecule has 0 saturated carbocycles. The molecule has 12 heavy (non-hydrogen) atoms. The van der Waals surface area contributed by atoms with E-state index in [1.165, 1.54) is 32.1 Å². The Hall–Kier alpha value is -0.110. The third-order valence-corrected chi connectivity index (χ3v) is 2.19. The zero-order valence-corrected chi connectivity index (χ0v) is 8.65. The van der Waals surface area contributed by atoms with Crippen LogP contribution in [0.25, 0.3) is 0 Å². The average molecular weight is 188 g/mol. The van der Waals surface area contributed by atoms with Crippen molar-refractivity contribution >= 4 is 12.6 Å². The highest BCUT2D eigenvalue weighted by Crippen LogP contribution is 2.09. The van der Waals surface area contributed by atoms with Crippen molar-refractivity contribution in [2.75, 3.05) is 5.75 Å². The van der Waals surface area contributed by atoms with Crippen molar-refractivity contribution in [1.82, 2.24) is 0 Å². The topological polar surface area (TPSA) is 20.2 Å². The molecule has 0 amide bonds. The highest BCUT2D eigenvalue weighted by molar-refractivity contribution is 7.80. The Morgan fingerprint density at radius 2 is 1.50 bits per heavy atom. The lowest BCUT2D eigenvalue weighted by Crippen LogP contribution is -1.82. The van der Waals surface area contributed by atoms with Crippen molar-refractivity contribution in [2.24, 2.45) is 0 Å². The minimum atomic E-state index is 0.324. The molecule has 0 aliphatic heterocycles. The van der Waals surface area contributed by atoms with Gasteiger partial charge in [0.1, 0.15) is 0 Å². The molecule has 0 aromatic rings. The van der Waals surface area contributed by atoms with E-state index in [-0.39, 0.29) is 0 Å². The summed E-state index contributed by atoms with van der Waals surface area (Å²) in [4.78, 5) is 0. The van der Waals surface area contributed by atoms with E-state index < -0.39 is 0 Å². The van der Waals surface area contributed by atoms with Gasteiger partial charge in [0.15, 0.2) is 0 Å². The van der Waals surface area contributed by atoms with Gasteiger partial charge in [0.25, 0.3) is 0 Å². The summed E-state index contributed by atoms with van der Waals surface area (Å²) in [7, 11) is 0. The molecule has 0 saturated heterocycles. The second kappa shape index (κ2) is 8.98. The van der Waals surface area contributed by atoms with Gasteiger partial charge >= 0.3 is 0 Å². The predicted octanol–water partition coefficient (Wildman–Crippen LogP) is 3.72. The van der Waals surface area contributed by atoms with Crippen molar-refractivity contribution in [3.63, 3.8) is 0 Å². The number of allylic oxidation sites excluding steroid dienone is 1. The molecule has 0 bridgehead atoms. The van der Waals surface area contributed by atoms with E-state index in [9.17, 15) is 0 Å². The summed E-state index contributed by atoms with van der Waals surface area (Å²) in [6.45, 7) is 3.45. The first kappa shape index (κ1) is 11.9. The van der Waals surface area contributed by atoms with E-state index >= 15 is 0 Å². The summed E-state index contributed by atoms with van der Waals surface area (Å²) >= 11 is 4.15. The van der Waals surface area contributed by atoms with Gasteiger partial charge in [0.05, 0.1) is 5.76 Å². The Kier molecular flexibility index (Phi) is 8.90. The smallest absolute Gasteiger partial charge is 0.0851 e. The van der Waals surface area contributed by atoms with Crippen LogP contribution in [0.5, 0.6) is 0 Å². The molecule has 1 N–H and O–H groups in total. The SMILES string of the molecule is C=C(O)CCCCCCCCS. The molecular weight excluding hydrogens is 168 g/mol.